The van der Waals surface area contributed by atoms with Crippen molar-refractivity contribution in [3.63, 3.8) is 0 Å². The third kappa shape index (κ3) is 1.39. The molecule has 2 atom stereocenters. The molecule has 0 saturated carbocycles. The van der Waals surface area contributed by atoms with Crippen LogP contribution in [-0.2, 0) is 16.0 Å². The summed E-state index contributed by atoms with van der Waals surface area (Å²) in [6, 6.07) is 8.42. The lowest BCUT2D eigenvalue weighted by Crippen LogP contribution is -2.60. The van der Waals surface area contributed by atoms with Crippen LogP contribution in [0.4, 0.5) is 0 Å². The average molecular weight is 296 g/mol. The number of benzene rings is 1. The van der Waals surface area contributed by atoms with E-state index in [9.17, 15) is 4.79 Å². The van der Waals surface area contributed by atoms with Crippen LogP contribution in [0, 0.1) is 10.8 Å². The monoisotopic (exact) mass is 296 g/mol. The van der Waals surface area contributed by atoms with E-state index in [1.165, 1.54) is 35.0 Å². The first kappa shape index (κ1) is 15.1. The number of aryl methyl sites for hydroxylation is 1. The van der Waals surface area contributed by atoms with Gasteiger partial charge in [-0.15, -0.1) is 0 Å². The van der Waals surface area contributed by atoms with Crippen molar-refractivity contribution >= 4 is 11.5 Å². The molecular formula is C20H24O2. The van der Waals surface area contributed by atoms with Gasteiger partial charge in [-0.25, -0.2) is 4.79 Å². The predicted octanol–water partition coefficient (Wildman–Crippen LogP) is 4.55. The molecule has 22 heavy (non-hydrogen) atoms. The molecule has 2 aliphatic rings. The van der Waals surface area contributed by atoms with Crippen LogP contribution in [0.25, 0.3) is 5.57 Å². The van der Waals surface area contributed by atoms with Crippen LogP contribution in [0.5, 0.6) is 0 Å². The summed E-state index contributed by atoms with van der Waals surface area (Å²) >= 11 is 0. The molecule has 0 aliphatic heterocycles. The van der Waals surface area contributed by atoms with Gasteiger partial charge < -0.3 is 4.74 Å². The van der Waals surface area contributed by atoms with Crippen LogP contribution >= 0.6 is 0 Å². The molecule has 2 nitrogen and oxygen atoms in total. The van der Waals surface area contributed by atoms with Crippen LogP contribution < -0.4 is 0 Å². The highest BCUT2D eigenvalue weighted by molar-refractivity contribution is 6.09. The molecule has 1 aromatic rings. The van der Waals surface area contributed by atoms with Gasteiger partial charge in [0.05, 0.1) is 12.7 Å². The number of carbonyl (C=O) groups excluding carboxylic acids is 1. The van der Waals surface area contributed by atoms with E-state index in [4.69, 9.17) is 4.74 Å². The highest BCUT2D eigenvalue weighted by atomic mass is 16.5. The maximum Gasteiger partial charge on any atom is 0.335 e. The summed E-state index contributed by atoms with van der Waals surface area (Å²) in [7, 11) is 1.47. The van der Waals surface area contributed by atoms with Crippen molar-refractivity contribution < 1.29 is 9.53 Å². The molecule has 0 amide bonds. The molecule has 0 radical (unpaired) electrons. The topological polar surface area (TPSA) is 26.3 Å². The third-order valence-electron chi connectivity index (χ3n) is 6.37. The van der Waals surface area contributed by atoms with E-state index >= 15 is 0 Å². The predicted molar refractivity (Wildman–Crippen MR) is 89.3 cm³/mol. The Morgan fingerprint density at radius 2 is 1.68 bits per heavy atom. The second kappa shape index (κ2) is 4.58. The van der Waals surface area contributed by atoms with Crippen LogP contribution in [0.2, 0.25) is 0 Å². The minimum absolute atomic E-state index is 0.0497. The minimum Gasteiger partial charge on any atom is -0.466 e. The van der Waals surface area contributed by atoms with Gasteiger partial charge in [0.1, 0.15) is 0 Å². The fourth-order valence-electron chi connectivity index (χ4n) is 4.63. The highest BCUT2D eigenvalue weighted by Crippen LogP contribution is 2.77. The summed E-state index contributed by atoms with van der Waals surface area (Å²) in [6.07, 6.45) is 0.961. The van der Waals surface area contributed by atoms with Gasteiger partial charge in [-0.3, -0.25) is 0 Å². The summed E-state index contributed by atoms with van der Waals surface area (Å²) in [5, 5.41) is 0. The fraction of sp³-hybridized carbons (Fsp3) is 0.450. The van der Waals surface area contributed by atoms with Gasteiger partial charge in [-0.1, -0.05) is 56.2 Å². The Hall–Kier alpha value is -1.83. The van der Waals surface area contributed by atoms with E-state index in [0.717, 1.165) is 12.0 Å². The number of rotatable bonds is 3. The van der Waals surface area contributed by atoms with E-state index < -0.39 is 0 Å². The van der Waals surface area contributed by atoms with Crippen LogP contribution in [0.3, 0.4) is 0 Å². The zero-order valence-corrected chi connectivity index (χ0v) is 14.3. The number of esters is 1. The number of allylic oxidation sites excluding steroid dienone is 3. The number of carbonyl (C=O) groups is 1. The number of ether oxygens (including phenoxy) is 1. The summed E-state index contributed by atoms with van der Waals surface area (Å²) in [4.78, 5) is 12.5. The summed E-state index contributed by atoms with van der Waals surface area (Å²) in [5.41, 5.74) is 6.99. The van der Waals surface area contributed by atoms with Crippen molar-refractivity contribution in [2.24, 2.45) is 10.8 Å². The van der Waals surface area contributed by atoms with Gasteiger partial charge in [-0.05, 0) is 37.0 Å². The number of hydrogen-bond acceptors (Lipinski definition) is 2. The summed E-state index contributed by atoms with van der Waals surface area (Å²) in [6.45, 7) is 10.9. The fourth-order valence-corrected chi connectivity index (χ4v) is 4.63. The van der Waals surface area contributed by atoms with Crippen molar-refractivity contribution in [1.82, 2.24) is 0 Å². The lowest BCUT2D eigenvalue weighted by atomic mass is 9.34. The summed E-state index contributed by atoms with van der Waals surface area (Å²) < 4.78 is 5.11. The van der Waals surface area contributed by atoms with Crippen LogP contribution in [0.1, 0.15) is 45.7 Å². The number of methoxy groups -OCH3 is 1. The minimum atomic E-state index is -0.187. The average Bonchev–Trinajstić information content (AvgIpc) is 2.55. The molecule has 0 heterocycles. The lowest BCUT2D eigenvalue weighted by Gasteiger charge is -2.67. The van der Waals surface area contributed by atoms with E-state index in [1.54, 1.807) is 0 Å². The van der Waals surface area contributed by atoms with Gasteiger partial charge in [0, 0.05) is 10.8 Å². The molecule has 0 saturated heterocycles. The van der Waals surface area contributed by atoms with Crippen LogP contribution in [-0.4, -0.2) is 13.1 Å². The Labute approximate surface area is 132 Å². The van der Waals surface area contributed by atoms with Gasteiger partial charge in [-0.2, -0.15) is 0 Å². The molecule has 2 aliphatic carbocycles. The van der Waals surface area contributed by atoms with Crippen molar-refractivity contribution in [1.29, 1.82) is 0 Å². The Kier molecular flexibility index (Phi) is 3.14. The SMILES string of the molecule is CCc1ccccc1C1=C(C(=O)OC)C2(C)C(C)=C(C)C12C. The van der Waals surface area contributed by atoms with Gasteiger partial charge in [0.2, 0.25) is 0 Å². The molecule has 0 bridgehead atoms. The second-order valence-corrected chi connectivity index (χ2v) is 6.75. The van der Waals surface area contributed by atoms with Crippen molar-refractivity contribution in [2.45, 2.75) is 41.0 Å². The molecule has 2 unspecified atom stereocenters. The maximum absolute atomic E-state index is 12.5. The van der Waals surface area contributed by atoms with Crippen molar-refractivity contribution in [2.75, 3.05) is 7.11 Å². The first-order valence-corrected chi connectivity index (χ1v) is 7.95. The molecule has 116 valence electrons. The molecule has 0 fully saturated rings. The largest absolute Gasteiger partial charge is 0.466 e. The second-order valence-electron chi connectivity index (χ2n) is 6.75. The van der Waals surface area contributed by atoms with Gasteiger partial charge >= 0.3 is 5.97 Å². The number of hydrogen-bond donors (Lipinski definition) is 0. The number of fused-ring (bicyclic) bond motifs is 1. The standard InChI is InChI=1S/C20H24O2/c1-7-14-10-8-9-11-15(14)16-17(18(21)22-6)20(5)13(3)12(2)19(16,20)4/h8-11H,7H2,1-6H3. The van der Waals surface area contributed by atoms with E-state index in [1.807, 2.05) is 0 Å². The third-order valence-corrected chi connectivity index (χ3v) is 6.37. The molecule has 3 rings (SSSR count). The molecule has 0 aromatic heterocycles. The zero-order valence-electron chi connectivity index (χ0n) is 14.3. The van der Waals surface area contributed by atoms with Crippen LogP contribution in [0.15, 0.2) is 41.0 Å². The molecule has 0 spiro atoms. The maximum atomic E-state index is 12.5. The lowest BCUT2D eigenvalue weighted by molar-refractivity contribution is -0.138. The Bertz CT molecular complexity index is 738. The summed E-state index contributed by atoms with van der Waals surface area (Å²) in [5.74, 6) is -0.187. The zero-order chi connectivity index (χ0) is 16.3. The first-order valence-electron chi connectivity index (χ1n) is 7.95. The molecule has 2 heteroatoms. The van der Waals surface area contributed by atoms with E-state index in [2.05, 4.69) is 58.9 Å². The van der Waals surface area contributed by atoms with Crippen molar-refractivity contribution in [3.05, 3.63) is 52.1 Å². The van der Waals surface area contributed by atoms with Gasteiger partial charge in [0.15, 0.2) is 0 Å². The Balaban J connectivity index is 2.28. The highest BCUT2D eigenvalue weighted by Gasteiger charge is 2.69. The van der Waals surface area contributed by atoms with Gasteiger partial charge in [0.25, 0.3) is 0 Å². The smallest absolute Gasteiger partial charge is 0.335 e. The Morgan fingerprint density at radius 3 is 2.27 bits per heavy atom. The van der Waals surface area contributed by atoms with E-state index in [-0.39, 0.29) is 16.8 Å². The Morgan fingerprint density at radius 1 is 1.09 bits per heavy atom. The van der Waals surface area contributed by atoms with Crippen molar-refractivity contribution in [3.8, 4) is 0 Å². The molecular weight excluding hydrogens is 272 g/mol. The molecule has 1 aromatic carbocycles. The molecule has 0 N–H and O–H groups in total. The normalized spacial score (nSPS) is 29.7. The quantitative estimate of drug-likeness (QED) is 0.604. The first-order chi connectivity index (χ1) is 10.4. The van der Waals surface area contributed by atoms with E-state index in [0.29, 0.717) is 0 Å².